The van der Waals surface area contributed by atoms with Crippen molar-refractivity contribution in [2.45, 2.75) is 17.9 Å². The average molecular weight is 411 g/mol. The van der Waals surface area contributed by atoms with E-state index in [9.17, 15) is 13.2 Å². The second kappa shape index (κ2) is 9.37. The van der Waals surface area contributed by atoms with Crippen LogP contribution in [-0.2, 0) is 23.0 Å². The number of nitrogens with two attached hydrogens (primary N) is 1. The lowest BCUT2D eigenvalue weighted by atomic mass is 10.1. The third-order valence-electron chi connectivity index (χ3n) is 4.23. The Morgan fingerprint density at radius 1 is 0.966 bits per heavy atom. The van der Waals surface area contributed by atoms with Gasteiger partial charge in [-0.05, 0) is 53.9 Å². The Labute approximate surface area is 169 Å². The van der Waals surface area contributed by atoms with Crippen molar-refractivity contribution in [2.75, 3.05) is 6.54 Å². The molecule has 2 heterocycles. The molecule has 8 nitrogen and oxygen atoms in total. The Morgan fingerprint density at radius 2 is 1.69 bits per heavy atom. The van der Waals surface area contributed by atoms with Crippen molar-refractivity contribution in [3.05, 3.63) is 90.0 Å². The van der Waals surface area contributed by atoms with E-state index < -0.39 is 10.0 Å². The highest BCUT2D eigenvalue weighted by atomic mass is 32.2. The van der Waals surface area contributed by atoms with Crippen LogP contribution in [0.25, 0.3) is 0 Å². The molecule has 0 radical (unpaired) electrons. The summed E-state index contributed by atoms with van der Waals surface area (Å²) in [6, 6.07) is 13.5. The zero-order chi connectivity index (χ0) is 20.7. The number of hydrazine groups is 1. The fourth-order valence-electron chi connectivity index (χ4n) is 2.70. The van der Waals surface area contributed by atoms with Crippen molar-refractivity contribution in [2.24, 2.45) is 5.14 Å². The zero-order valence-electron chi connectivity index (χ0n) is 15.6. The minimum atomic E-state index is -3.72. The van der Waals surface area contributed by atoms with Crippen LogP contribution in [0.15, 0.2) is 78.2 Å². The van der Waals surface area contributed by atoms with Gasteiger partial charge in [0.15, 0.2) is 0 Å². The van der Waals surface area contributed by atoms with E-state index in [0.29, 0.717) is 25.1 Å². The summed E-state index contributed by atoms with van der Waals surface area (Å²) >= 11 is 0. The van der Waals surface area contributed by atoms with Crippen LogP contribution >= 0.6 is 0 Å². The number of hydrogen-bond donors (Lipinski definition) is 2. The summed E-state index contributed by atoms with van der Waals surface area (Å²) in [5.41, 5.74) is 5.29. The van der Waals surface area contributed by atoms with Gasteiger partial charge in [-0.3, -0.25) is 20.2 Å². The maximum absolute atomic E-state index is 12.5. The van der Waals surface area contributed by atoms with Gasteiger partial charge in [0.05, 0.1) is 10.5 Å². The first-order chi connectivity index (χ1) is 13.9. The van der Waals surface area contributed by atoms with Gasteiger partial charge in [-0.2, -0.15) is 0 Å². The minimum absolute atomic E-state index is 0.0692. The molecule has 0 spiro atoms. The van der Waals surface area contributed by atoms with E-state index >= 15 is 0 Å². The first kappa shape index (κ1) is 20.6. The lowest BCUT2D eigenvalue weighted by Crippen LogP contribution is -2.42. The van der Waals surface area contributed by atoms with Gasteiger partial charge < -0.3 is 0 Å². The summed E-state index contributed by atoms with van der Waals surface area (Å²) in [6.45, 7) is 1.01. The van der Waals surface area contributed by atoms with Gasteiger partial charge in [0.25, 0.3) is 5.91 Å². The van der Waals surface area contributed by atoms with E-state index in [2.05, 4.69) is 15.4 Å². The monoisotopic (exact) mass is 411 g/mol. The van der Waals surface area contributed by atoms with Crippen LogP contribution in [0.1, 0.15) is 21.5 Å². The molecule has 0 aliphatic rings. The molecule has 0 bridgehead atoms. The standard InChI is InChI=1S/C20H21N5O3S/c21-29(27,28)19-5-3-16(4-6-19)9-13-25(15-17-7-11-22-12-8-17)24-20(26)18-2-1-10-23-14-18/h1-8,10-12,14H,9,13,15H2,(H,24,26)(H2,21,27,28). The number of hydrogen-bond acceptors (Lipinski definition) is 6. The van der Waals surface area contributed by atoms with Gasteiger partial charge in [-0.25, -0.2) is 18.6 Å². The molecule has 0 unspecified atom stereocenters. The van der Waals surface area contributed by atoms with E-state index in [4.69, 9.17) is 5.14 Å². The molecule has 0 saturated carbocycles. The predicted molar refractivity (Wildman–Crippen MR) is 108 cm³/mol. The van der Waals surface area contributed by atoms with E-state index in [1.54, 1.807) is 47.9 Å². The molecule has 0 fully saturated rings. The van der Waals surface area contributed by atoms with Gasteiger partial charge in [0.2, 0.25) is 10.0 Å². The number of nitrogens with one attached hydrogen (secondary N) is 1. The van der Waals surface area contributed by atoms with Gasteiger partial charge in [-0.15, -0.1) is 0 Å². The number of aromatic nitrogens is 2. The number of nitrogens with zero attached hydrogens (tertiary/aromatic N) is 3. The van der Waals surface area contributed by atoms with Crippen molar-refractivity contribution in [1.82, 2.24) is 20.4 Å². The molecule has 3 aromatic rings. The number of benzene rings is 1. The van der Waals surface area contributed by atoms with E-state index in [1.807, 2.05) is 12.1 Å². The minimum Gasteiger partial charge on any atom is -0.284 e. The molecular formula is C20H21N5O3S. The zero-order valence-corrected chi connectivity index (χ0v) is 16.4. The molecule has 2 aromatic heterocycles. The highest BCUT2D eigenvalue weighted by molar-refractivity contribution is 7.89. The van der Waals surface area contributed by atoms with Crippen molar-refractivity contribution >= 4 is 15.9 Å². The highest BCUT2D eigenvalue weighted by Gasteiger charge is 2.13. The van der Waals surface area contributed by atoms with Crippen LogP contribution in [0, 0.1) is 0 Å². The average Bonchev–Trinajstić information content (AvgIpc) is 2.73. The van der Waals surface area contributed by atoms with Crippen LogP contribution in [0.2, 0.25) is 0 Å². The van der Waals surface area contributed by atoms with Crippen LogP contribution in [0.4, 0.5) is 0 Å². The van der Waals surface area contributed by atoms with Crippen LogP contribution < -0.4 is 10.6 Å². The second-order valence-corrected chi connectivity index (χ2v) is 7.96. The fraction of sp³-hybridized carbons (Fsp3) is 0.150. The molecular weight excluding hydrogens is 390 g/mol. The van der Waals surface area contributed by atoms with E-state index in [-0.39, 0.29) is 10.8 Å². The normalized spacial score (nSPS) is 11.4. The Kier molecular flexibility index (Phi) is 6.65. The number of rotatable bonds is 8. The number of amides is 1. The van der Waals surface area contributed by atoms with E-state index in [0.717, 1.165) is 11.1 Å². The third-order valence-corrected chi connectivity index (χ3v) is 5.16. The van der Waals surface area contributed by atoms with E-state index in [1.165, 1.54) is 18.3 Å². The van der Waals surface area contributed by atoms with Crippen LogP contribution in [0.3, 0.4) is 0 Å². The Hall–Kier alpha value is -3.14. The molecule has 1 amide bonds. The van der Waals surface area contributed by atoms with Gasteiger partial charge >= 0.3 is 0 Å². The maximum Gasteiger partial charge on any atom is 0.267 e. The molecule has 0 aliphatic heterocycles. The summed E-state index contributed by atoms with van der Waals surface area (Å²) < 4.78 is 22.8. The molecule has 3 N–H and O–H groups in total. The number of carbonyl (C=O) groups is 1. The number of pyridine rings is 2. The maximum atomic E-state index is 12.5. The van der Waals surface area contributed by atoms with Crippen molar-refractivity contribution in [3.63, 3.8) is 0 Å². The summed E-state index contributed by atoms with van der Waals surface area (Å²) in [6.07, 6.45) is 7.11. The lowest BCUT2D eigenvalue weighted by Gasteiger charge is -2.23. The topological polar surface area (TPSA) is 118 Å². The quantitative estimate of drug-likeness (QED) is 0.543. The fourth-order valence-corrected chi connectivity index (χ4v) is 3.21. The first-order valence-electron chi connectivity index (χ1n) is 8.88. The largest absolute Gasteiger partial charge is 0.284 e. The van der Waals surface area contributed by atoms with Gasteiger partial charge in [0.1, 0.15) is 0 Å². The van der Waals surface area contributed by atoms with Gasteiger partial charge in [0, 0.05) is 37.9 Å². The number of primary sulfonamides is 1. The summed E-state index contributed by atoms with van der Waals surface area (Å²) in [4.78, 5) is 20.6. The molecule has 0 aliphatic carbocycles. The summed E-state index contributed by atoms with van der Waals surface area (Å²) in [7, 11) is -3.72. The lowest BCUT2D eigenvalue weighted by molar-refractivity contribution is 0.0776. The Balaban J connectivity index is 1.70. The summed E-state index contributed by atoms with van der Waals surface area (Å²) in [5.74, 6) is -0.253. The van der Waals surface area contributed by atoms with Crippen LogP contribution in [-0.4, -0.2) is 35.8 Å². The molecule has 0 atom stereocenters. The molecule has 150 valence electrons. The molecule has 3 rings (SSSR count). The van der Waals surface area contributed by atoms with Crippen molar-refractivity contribution < 1.29 is 13.2 Å². The number of sulfonamides is 1. The number of carbonyl (C=O) groups excluding carboxylic acids is 1. The first-order valence-corrected chi connectivity index (χ1v) is 10.4. The van der Waals surface area contributed by atoms with Gasteiger partial charge in [-0.1, -0.05) is 12.1 Å². The Bertz CT molecular complexity index is 1040. The molecule has 1 aromatic carbocycles. The summed E-state index contributed by atoms with van der Waals surface area (Å²) in [5, 5.41) is 6.94. The Morgan fingerprint density at radius 3 is 2.31 bits per heavy atom. The van der Waals surface area contributed by atoms with Crippen LogP contribution in [0.5, 0.6) is 0 Å². The van der Waals surface area contributed by atoms with Crippen molar-refractivity contribution in [3.8, 4) is 0 Å². The molecule has 29 heavy (non-hydrogen) atoms. The smallest absolute Gasteiger partial charge is 0.267 e. The SMILES string of the molecule is NS(=O)(=O)c1ccc(CCN(Cc2ccncc2)NC(=O)c2cccnc2)cc1. The third kappa shape index (κ3) is 6.18. The van der Waals surface area contributed by atoms with Crippen molar-refractivity contribution in [1.29, 1.82) is 0 Å². The second-order valence-electron chi connectivity index (χ2n) is 6.40. The molecule has 0 saturated heterocycles. The molecule has 9 heteroatoms. The highest BCUT2D eigenvalue weighted by Crippen LogP contribution is 2.11. The predicted octanol–water partition coefficient (Wildman–Crippen LogP) is 1.51.